The molecule has 1 unspecified atom stereocenters. The number of cyclic esters (lactones) is 1. The molecule has 0 radical (unpaired) electrons. The van der Waals surface area contributed by atoms with Gasteiger partial charge < -0.3 is 9.47 Å². The first-order chi connectivity index (χ1) is 15.2. The van der Waals surface area contributed by atoms with Crippen LogP contribution in [0.4, 0.5) is 4.79 Å². The Hall–Kier alpha value is -3.87. The van der Waals surface area contributed by atoms with Crippen LogP contribution in [0.3, 0.4) is 0 Å². The van der Waals surface area contributed by atoms with Crippen LogP contribution in [0.25, 0.3) is 11.0 Å². The molecular formula is C24H22N4O3. The number of aromatic nitrogens is 3. The number of nitrogens with zero attached hydrogens (tertiary/aromatic N) is 4. The topological polar surface area (TPSA) is 69.5 Å². The Kier molecular flexibility index (Phi) is 5.00. The van der Waals surface area contributed by atoms with Gasteiger partial charge in [0.05, 0.1) is 18.7 Å². The Morgan fingerprint density at radius 2 is 1.77 bits per heavy atom. The van der Waals surface area contributed by atoms with Gasteiger partial charge in [0.1, 0.15) is 17.9 Å². The summed E-state index contributed by atoms with van der Waals surface area (Å²) >= 11 is 0. The number of carbonyl (C=O) groups is 1. The van der Waals surface area contributed by atoms with Gasteiger partial charge in [0.2, 0.25) is 0 Å². The molecule has 2 heterocycles. The number of methoxy groups -OCH3 is 1. The number of fused-ring (bicyclic) bond motifs is 1. The smallest absolute Gasteiger partial charge is 0.412 e. The second-order valence-corrected chi connectivity index (χ2v) is 7.50. The van der Waals surface area contributed by atoms with Gasteiger partial charge >= 0.3 is 6.09 Å². The lowest BCUT2D eigenvalue weighted by atomic mass is 10.0. The van der Waals surface area contributed by atoms with E-state index in [0.29, 0.717) is 13.0 Å². The second kappa shape index (κ2) is 8.10. The van der Waals surface area contributed by atoms with Gasteiger partial charge in [-0.15, -0.1) is 5.10 Å². The Morgan fingerprint density at radius 1 is 1.03 bits per heavy atom. The van der Waals surface area contributed by atoms with Gasteiger partial charge in [-0.2, -0.15) is 0 Å². The lowest BCUT2D eigenvalue weighted by Gasteiger charge is -2.31. The molecule has 0 bridgehead atoms. The molecule has 5 rings (SSSR count). The minimum atomic E-state index is -0.498. The monoisotopic (exact) mass is 414 g/mol. The third-order valence-electron chi connectivity index (χ3n) is 5.60. The highest BCUT2D eigenvalue weighted by Gasteiger charge is 2.40. The number of hydrogen-bond acceptors (Lipinski definition) is 5. The van der Waals surface area contributed by atoms with Crippen LogP contribution in [-0.4, -0.2) is 45.7 Å². The number of para-hydroxylation sites is 1. The summed E-state index contributed by atoms with van der Waals surface area (Å²) in [5.74, 6) is 0.746. The molecule has 156 valence electrons. The third kappa shape index (κ3) is 3.59. The molecule has 4 aromatic rings. The van der Waals surface area contributed by atoms with Crippen LogP contribution in [0.5, 0.6) is 5.75 Å². The summed E-state index contributed by atoms with van der Waals surface area (Å²) in [5, 5.41) is 8.73. The first kappa shape index (κ1) is 19.1. The maximum absolute atomic E-state index is 13.0. The molecule has 1 fully saturated rings. The fourth-order valence-corrected chi connectivity index (χ4v) is 4.08. The molecule has 0 N–H and O–H groups in total. The Labute approximate surface area is 179 Å². The molecule has 7 nitrogen and oxygen atoms in total. The summed E-state index contributed by atoms with van der Waals surface area (Å²) in [4.78, 5) is 14.7. The quantitative estimate of drug-likeness (QED) is 0.476. The molecule has 2 atom stereocenters. The molecule has 0 saturated carbocycles. The van der Waals surface area contributed by atoms with Crippen molar-refractivity contribution in [1.82, 2.24) is 19.9 Å². The Balaban J connectivity index is 1.60. The average molecular weight is 414 g/mol. The van der Waals surface area contributed by atoms with E-state index in [1.165, 1.54) is 0 Å². The van der Waals surface area contributed by atoms with Crippen molar-refractivity contribution in [2.75, 3.05) is 13.7 Å². The van der Waals surface area contributed by atoms with Crippen molar-refractivity contribution in [2.24, 2.45) is 0 Å². The molecule has 1 saturated heterocycles. The summed E-state index contributed by atoms with van der Waals surface area (Å²) in [6.07, 6.45) is -0.172. The van der Waals surface area contributed by atoms with E-state index in [1.54, 1.807) is 16.7 Å². The van der Waals surface area contributed by atoms with Crippen molar-refractivity contribution in [3.8, 4) is 5.75 Å². The normalized spacial score (nSPS) is 17.0. The number of amides is 1. The SMILES string of the molecule is COc1ccc(C(N2C(=O)OC[C@@H]2Cc2ccccc2)n2nnc3ccccc32)cc1. The van der Waals surface area contributed by atoms with Crippen LogP contribution >= 0.6 is 0 Å². The molecule has 1 amide bonds. The van der Waals surface area contributed by atoms with Crippen LogP contribution in [0, 0.1) is 0 Å². The Morgan fingerprint density at radius 3 is 2.55 bits per heavy atom. The van der Waals surface area contributed by atoms with Crippen molar-refractivity contribution in [3.63, 3.8) is 0 Å². The van der Waals surface area contributed by atoms with Gasteiger partial charge in [-0.05, 0) is 41.8 Å². The zero-order chi connectivity index (χ0) is 21.2. The first-order valence-electron chi connectivity index (χ1n) is 10.2. The number of benzene rings is 3. The van der Waals surface area contributed by atoms with Crippen LogP contribution in [0.2, 0.25) is 0 Å². The largest absolute Gasteiger partial charge is 0.497 e. The summed E-state index contributed by atoms with van der Waals surface area (Å²) < 4.78 is 12.6. The number of hydrogen-bond donors (Lipinski definition) is 0. The van der Waals surface area contributed by atoms with Gasteiger partial charge in [0.15, 0.2) is 6.17 Å². The van der Waals surface area contributed by atoms with Gasteiger partial charge in [0.25, 0.3) is 0 Å². The number of ether oxygens (including phenoxy) is 2. The highest BCUT2D eigenvalue weighted by Crippen LogP contribution is 2.33. The number of rotatable bonds is 6. The minimum absolute atomic E-state index is 0.134. The fourth-order valence-electron chi connectivity index (χ4n) is 4.08. The van der Waals surface area contributed by atoms with E-state index in [4.69, 9.17) is 9.47 Å². The Bertz CT molecular complexity index is 1190. The molecule has 0 aliphatic carbocycles. The molecule has 3 aromatic carbocycles. The first-order valence-corrected chi connectivity index (χ1v) is 10.2. The van der Waals surface area contributed by atoms with Gasteiger partial charge in [-0.25, -0.2) is 9.48 Å². The molecular weight excluding hydrogens is 392 g/mol. The summed E-state index contributed by atoms with van der Waals surface area (Å²) in [6, 6.07) is 25.4. The van der Waals surface area contributed by atoms with Crippen molar-refractivity contribution >= 4 is 17.1 Å². The van der Waals surface area contributed by atoms with Crippen LogP contribution < -0.4 is 4.74 Å². The zero-order valence-corrected chi connectivity index (χ0v) is 17.1. The molecule has 1 aliphatic heterocycles. The maximum atomic E-state index is 13.0. The van der Waals surface area contributed by atoms with E-state index >= 15 is 0 Å². The molecule has 1 aromatic heterocycles. The van der Waals surface area contributed by atoms with Crippen molar-refractivity contribution in [1.29, 1.82) is 0 Å². The average Bonchev–Trinajstić information content (AvgIpc) is 3.40. The molecule has 31 heavy (non-hydrogen) atoms. The fraction of sp³-hybridized carbons (Fsp3) is 0.208. The van der Waals surface area contributed by atoms with E-state index in [9.17, 15) is 4.79 Å². The highest BCUT2D eigenvalue weighted by atomic mass is 16.6. The predicted molar refractivity (Wildman–Crippen MR) is 116 cm³/mol. The van der Waals surface area contributed by atoms with Crippen LogP contribution in [-0.2, 0) is 11.2 Å². The van der Waals surface area contributed by atoms with Crippen LogP contribution in [0.1, 0.15) is 17.3 Å². The lowest BCUT2D eigenvalue weighted by molar-refractivity contribution is 0.133. The third-order valence-corrected chi connectivity index (χ3v) is 5.60. The van der Waals surface area contributed by atoms with Crippen molar-refractivity contribution in [3.05, 3.63) is 90.0 Å². The number of carbonyl (C=O) groups excluding carboxylic acids is 1. The molecule has 1 aliphatic rings. The minimum Gasteiger partial charge on any atom is -0.497 e. The van der Waals surface area contributed by atoms with Crippen LogP contribution in [0.15, 0.2) is 78.9 Å². The van der Waals surface area contributed by atoms with Gasteiger partial charge in [-0.1, -0.05) is 59.8 Å². The zero-order valence-electron chi connectivity index (χ0n) is 17.1. The van der Waals surface area contributed by atoms with E-state index in [0.717, 1.165) is 27.9 Å². The predicted octanol–water partition coefficient (Wildman–Crippen LogP) is 4.05. The van der Waals surface area contributed by atoms with Gasteiger partial charge in [-0.3, -0.25) is 4.90 Å². The van der Waals surface area contributed by atoms with E-state index in [-0.39, 0.29) is 12.1 Å². The highest BCUT2D eigenvalue weighted by molar-refractivity contribution is 5.75. The molecule has 7 heteroatoms. The lowest BCUT2D eigenvalue weighted by Crippen LogP contribution is -2.42. The van der Waals surface area contributed by atoms with Crippen molar-refractivity contribution in [2.45, 2.75) is 18.6 Å². The van der Waals surface area contributed by atoms with E-state index in [1.807, 2.05) is 66.7 Å². The summed E-state index contributed by atoms with van der Waals surface area (Å²) in [5.41, 5.74) is 3.66. The van der Waals surface area contributed by atoms with Gasteiger partial charge in [0, 0.05) is 0 Å². The second-order valence-electron chi connectivity index (χ2n) is 7.50. The van der Waals surface area contributed by atoms with E-state index < -0.39 is 6.17 Å². The maximum Gasteiger partial charge on any atom is 0.412 e. The van der Waals surface area contributed by atoms with E-state index in [2.05, 4.69) is 22.4 Å². The van der Waals surface area contributed by atoms with Crippen molar-refractivity contribution < 1.29 is 14.3 Å². The summed E-state index contributed by atoms with van der Waals surface area (Å²) in [7, 11) is 1.63. The summed E-state index contributed by atoms with van der Waals surface area (Å²) in [6.45, 7) is 0.326. The molecule has 0 spiro atoms. The standard InChI is InChI=1S/C24H22N4O3/c1-30-20-13-11-18(12-14-20)23(28-22-10-6-5-9-21(22)25-26-28)27-19(16-31-24(27)29)15-17-7-3-2-4-8-17/h2-14,19,23H,15-16H2,1H3/t19-,23?/m0/s1.